The smallest absolute Gasteiger partial charge is 0.348 e. The summed E-state index contributed by atoms with van der Waals surface area (Å²) in [5.74, 6) is -0.889. The van der Waals surface area contributed by atoms with Gasteiger partial charge in [0.1, 0.15) is 0 Å². The van der Waals surface area contributed by atoms with Gasteiger partial charge in [-0.2, -0.15) is 11.3 Å². The van der Waals surface area contributed by atoms with Crippen molar-refractivity contribution in [1.82, 2.24) is 4.90 Å². The summed E-state index contributed by atoms with van der Waals surface area (Å²) in [6, 6.07) is 20.4. The van der Waals surface area contributed by atoms with E-state index in [9.17, 15) is 9.59 Å². The molecule has 156 valence electrons. The van der Waals surface area contributed by atoms with E-state index in [0.29, 0.717) is 24.3 Å². The maximum absolute atomic E-state index is 13.4. The minimum absolute atomic E-state index is 0.277. The Morgan fingerprint density at radius 1 is 0.967 bits per heavy atom. The standard InChI is InChI=1S/C24H25NO4S/c1-3-29-24(20-10-6-4-7-11-20,21-12-8-5-9-13-21)23(27)28-17-22(26)25(2)16-19-14-15-30-18-19/h4-15,18H,3,16-17H2,1-2H3. The molecule has 0 radical (unpaired) electrons. The van der Waals surface area contributed by atoms with Crippen molar-refractivity contribution in [3.63, 3.8) is 0 Å². The van der Waals surface area contributed by atoms with Crippen LogP contribution in [0, 0.1) is 0 Å². The Morgan fingerprint density at radius 3 is 2.07 bits per heavy atom. The van der Waals surface area contributed by atoms with E-state index in [0.717, 1.165) is 5.56 Å². The molecule has 0 saturated heterocycles. The number of hydrogen-bond acceptors (Lipinski definition) is 5. The summed E-state index contributed by atoms with van der Waals surface area (Å²) in [5.41, 5.74) is 0.910. The van der Waals surface area contributed by atoms with Crippen molar-refractivity contribution >= 4 is 23.2 Å². The van der Waals surface area contributed by atoms with Crippen LogP contribution in [-0.2, 0) is 31.2 Å². The molecule has 0 aliphatic rings. The van der Waals surface area contributed by atoms with Crippen LogP contribution in [-0.4, -0.2) is 37.0 Å². The van der Waals surface area contributed by atoms with Crippen LogP contribution in [0.5, 0.6) is 0 Å². The molecule has 1 aromatic heterocycles. The molecule has 3 rings (SSSR count). The molecular formula is C24H25NO4S. The Kier molecular flexibility index (Phi) is 7.38. The van der Waals surface area contributed by atoms with Gasteiger partial charge in [-0.1, -0.05) is 60.7 Å². The van der Waals surface area contributed by atoms with E-state index >= 15 is 0 Å². The average molecular weight is 424 g/mol. The zero-order chi connectivity index (χ0) is 21.4. The van der Waals surface area contributed by atoms with Crippen LogP contribution in [0.4, 0.5) is 0 Å². The van der Waals surface area contributed by atoms with Crippen molar-refractivity contribution < 1.29 is 19.1 Å². The van der Waals surface area contributed by atoms with Crippen molar-refractivity contribution in [2.24, 2.45) is 0 Å². The Hall–Kier alpha value is -2.96. The second-order valence-electron chi connectivity index (χ2n) is 6.80. The lowest BCUT2D eigenvalue weighted by Gasteiger charge is -2.32. The summed E-state index contributed by atoms with van der Waals surface area (Å²) in [5, 5.41) is 3.95. The molecule has 1 heterocycles. The number of nitrogens with zero attached hydrogens (tertiary/aromatic N) is 1. The zero-order valence-corrected chi connectivity index (χ0v) is 17.9. The van der Waals surface area contributed by atoms with Gasteiger partial charge in [-0.15, -0.1) is 0 Å². The third-order valence-corrected chi connectivity index (χ3v) is 5.49. The molecule has 0 atom stereocenters. The van der Waals surface area contributed by atoms with Gasteiger partial charge >= 0.3 is 5.97 Å². The molecule has 0 aliphatic carbocycles. The number of likely N-dealkylation sites (N-methyl/N-ethyl adjacent to an activating group) is 1. The molecule has 0 aliphatic heterocycles. The van der Waals surface area contributed by atoms with Crippen molar-refractivity contribution in [2.75, 3.05) is 20.3 Å². The molecule has 2 aromatic carbocycles. The van der Waals surface area contributed by atoms with Crippen LogP contribution < -0.4 is 0 Å². The molecule has 0 unspecified atom stereocenters. The topological polar surface area (TPSA) is 55.8 Å². The highest BCUT2D eigenvalue weighted by molar-refractivity contribution is 7.07. The van der Waals surface area contributed by atoms with E-state index in [1.54, 1.807) is 23.3 Å². The van der Waals surface area contributed by atoms with Crippen LogP contribution >= 0.6 is 11.3 Å². The van der Waals surface area contributed by atoms with Crippen molar-refractivity contribution in [2.45, 2.75) is 19.1 Å². The lowest BCUT2D eigenvalue weighted by Crippen LogP contribution is -2.43. The van der Waals surface area contributed by atoms with Crippen molar-refractivity contribution in [3.05, 3.63) is 94.2 Å². The molecule has 0 N–H and O–H groups in total. The Morgan fingerprint density at radius 2 is 1.57 bits per heavy atom. The summed E-state index contributed by atoms with van der Waals surface area (Å²) in [7, 11) is 1.69. The largest absolute Gasteiger partial charge is 0.453 e. The number of hydrogen-bond donors (Lipinski definition) is 0. The molecular weight excluding hydrogens is 398 g/mol. The van der Waals surface area contributed by atoms with Gasteiger partial charge in [0.15, 0.2) is 6.61 Å². The first kappa shape index (κ1) is 21.7. The highest BCUT2D eigenvalue weighted by Crippen LogP contribution is 2.35. The van der Waals surface area contributed by atoms with Crippen LogP contribution in [0.2, 0.25) is 0 Å². The first-order valence-electron chi connectivity index (χ1n) is 9.75. The molecule has 3 aromatic rings. The number of ether oxygens (including phenoxy) is 2. The van der Waals surface area contributed by atoms with Gasteiger partial charge in [0.2, 0.25) is 5.60 Å². The highest BCUT2D eigenvalue weighted by Gasteiger charge is 2.45. The van der Waals surface area contributed by atoms with E-state index in [1.807, 2.05) is 84.4 Å². The maximum Gasteiger partial charge on any atom is 0.348 e. The predicted molar refractivity (Wildman–Crippen MR) is 117 cm³/mol. The summed E-state index contributed by atoms with van der Waals surface area (Å²) >= 11 is 1.58. The summed E-state index contributed by atoms with van der Waals surface area (Å²) < 4.78 is 11.6. The third kappa shape index (κ3) is 4.78. The SMILES string of the molecule is CCOC(C(=O)OCC(=O)N(C)Cc1ccsc1)(c1ccccc1)c1ccccc1. The minimum Gasteiger partial charge on any atom is -0.453 e. The van der Waals surface area contributed by atoms with Gasteiger partial charge < -0.3 is 14.4 Å². The number of carbonyl (C=O) groups excluding carboxylic acids is 2. The lowest BCUT2D eigenvalue weighted by molar-refractivity contribution is -0.171. The molecule has 0 fully saturated rings. The molecule has 1 amide bonds. The van der Waals surface area contributed by atoms with Gasteiger partial charge in [-0.05, 0) is 40.4 Å². The average Bonchev–Trinajstić information content (AvgIpc) is 3.29. The Labute approximate surface area is 180 Å². The van der Waals surface area contributed by atoms with E-state index in [-0.39, 0.29) is 12.5 Å². The predicted octanol–water partition coefficient (Wildman–Crippen LogP) is 4.23. The van der Waals surface area contributed by atoms with Crippen molar-refractivity contribution in [1.29, 1.82) is 0 Å². The van der Waals surface area contributed by atoms with Crippen molar-refractivity contribution in [3.8, 4) is 0 Å². The second kappa shape index (κ2) is 10.2. The maximum atomic E-state index is 13.4. The van der Waals surface area contributed by atoms with Crippen LogP contribution in [0.1, 0.15) is 23.6 Å². The number of benzene rings is 2. The fraction of sp³-hybridized carbons (Fsp3) is 0.250. The third-order valence-electron chi connectivity index (χ3n) is 4.76. The Bertz CT molecular complexity index is 902. The number of thiophene rings is 1. The number of amides is 1. The number of rotatable bonds is 9. The van der Waals surface area contributed by atoms with Gasteiger partial charge in [0, 0.05) is 20.2 Å². The van der Waals surface area contributed by atoms with E-state index in [1.165, 1.54) is 0 Å². The van der Waals surface area contributed by atoms with Gasteiger partial charge in [0.05, 0.1) is 0 Å². The molecule has 5 nitrogen and oxygen atoms in total. The molecule has 6 heteroatoms. The lowest BCUT2D eigenvalue weighted by atomic mass is 9.86. The minimum atomic E-state index is -1.44. The van der Waals surface area contributed by atoms with E-state index < -0.39 is 11.6 Å². The summed E-state index contributed by atoms with van der Waals surface area (Å²) in [6.45, 7) is 2.24. The van der Waals surface area contributed by atoms with E-state index in [4.69, 9.17) is 9.47 Å². The molecule has 0 saturated carbocycles. The molecule has 30 heavy (non-hydrogen) atoms. The number of esters is 1. The quantitative estimate of drug-likeness (QED) is 0.484. The van der Waals surface area contributed by atoms with Crippen LogP contribution in [0.3, 0.4) is 0 Å². The molecule has 0 spiro atoms. The summed E-state index contributed by atoms with van der Waals surface area (Å²) in [4.78, 5) is 27.5. The Balaban J connectivity index is 1.83. The fourth-order valence-corrected chi connectivity index (χ4v) is 3.93. The summed E-state index contributed by atoms with van der Waals surface area (Å²) in [6.07, 6.45) is 0. The zero-order valence-electron chi connectivity index (χ0n) is 17.1. The second-order valence-corrected chi connectivity index (χ2v) is 7.58. The highest BCUT2D eigenvalue weighted by atomic mass is 32.1. The first-order chi connectivity index (χ1) is 14.6. The number of carbonyl (C=O) groups is 2. The van der Waals surface area contributed by atoms with Crippen LogP contribution in [0.15, 0.2) is 77.5 Å². The van der Waals surface area contributed by atoms with E-state index in [2.05, 4.69) is 0 Å². The fourth-order valence-electron chi connectivity index (χ4n) is 3.27. The van der Waals surface area contributed by atoms with Gasteiger partial charge in [-0.3, -0.25) is 4.79 Å². The van der Waals surface area contributed by atoms with Gasteiger partial charge in [-0.25, -0.2) is 4.79 Å². The van der Waals surface area contributed by atoms with Gasteiger partial charge in [0.25, 0.3) is 5.91 Å². The normalized spacial score (nSPS) is 11.1. The molecule has 0 bridgehead atoms. The first-order valence-corrected chi connectivity index (χ1v) is 10.7. The monoisotopic (exact) mass is 423 g/mol. The van der Waals surface area contributed by atoms with Crippen LogP contribution in [0.25, 0.3) is 0 Å².